The van der Waals surface area contributed by atoms with Gasteiger partial charge in [-0.25, -0.2) is 14.6 Å². The second-order valence-corrected chi connectivity index (χ2v) is 6.70. The van der Waals surface area contributed by atoms with E-state index in [1.54, 1.807) is 4.90 Å². The number of aromatic nitrogens is 1. The van der Waals surface area contributed by atoms with Crippen LogP contribution in [-0.2, 0) is 23.8 Å². The normalized spacial score (nSPS) is 14.2. The Labute approximate surface area is 172 Å². The van der Waals surface area contributed by atoms with Crippen LogP contribution in [0.25, 0.3) is 22.6 Å². The van der Waals surface area contributed by atoms with Crippen molar-refractivity contribution in [2.45, 2.75) is 6.92 Å². The van der Waals surface area contributed by atoms with Gasteiger partial charge in [0.15, 0.2) is 5.58 Å². The third kappa shape index (κ3) is 3.42. The maximum Gasteiger partial charge on any atom is 0.355 e. The summed E-state index contributed by atoms with van der Waals surface area (Å²) in [4.78, 5) is 30.9. The van der Waals surface area contributed by atoms with E-state index in [0.717, 1.165) is 16.6 Å². The lowest BCUT2D eigenvalue weighted by Gasteiger charge is -2.32. The summed E-state index contributed by atoms with van der Waals surface area (Å²) in [5.74, 6) is -0.842. The molecule has 0 N–H and O–H groups in total. The first-order chi connectivity index (χ1) is 14.5. The fraction of sp³-hybridized carbons (Fsp3) is 0.227. The molecule has 0 saturated carbocycles. The number of nitrogens with zero attached hydrogens (tertiary/aromatic N) is 2. The summed E-state index contributed by atoms with van der Waals surface area (Å²) >= 11 is 0. The van der Waals surface area contributed by atoms with Crippen LogP contribution < -0.4 is 4.90 Å². The molecular weight excluding hydrogens is 388 g/mol. The van der Waals surface area contributed by atoms with Crippen LogP contribution in [0.2, 0.25) is 0 Å². The van der Waals surface area contributed by atoms with Crippen LogP contribution in [0, 0.1) is 6.92 Å². The lowest BCUT2D eigenvalue weighted by atomic mass is 10.1. The molecule has 8 nitrogen and oxygen atoms in total. The van der Waals surface area contributed by atoms with Crippen molar-refractivity contribution in [3.63, 3.8) is 0 Å². The first-order valence-electron chi connectivity index (χ1n) is 9.25. The van der Waals surface area contributed by atoms with Crippen LogP contribution in [0.4, 0.5) is 5.69 Å². The number of para-hydroxylation sites is 2. The lowest BCUT2D eigenvalue weighted by Crippen LogP contribution is -2.39. The fourth-order valence-corrected chi connectivity index (χ4v) is 3.36. The van der Waals surface area contributed by atoms with Crippen LogP contribution in [0.5, 0.6) is 0 Å². The minimum atomic E-state index is -0.648. The Hall–Kier alpha value is -3.65. The van der Waals surface area contributed by atoms with Crippen LogP contribution >= 0.6 is 0 Å². The highest BCUT2D eigenvalue weighted by Crippen LogP contribution is 2.33. The van der Waals surface area contributed by atoms with Gasteiger partial charge in [0.05, 0.1) is 26.4 Å². The predicted molar refractivity (Wildman–Crippen MR) is 109 cm³/mol. The van der Waals surface area contributed by atoms with Gasteiger partial charge in [0.25, 0.3) is 0 Å². The van der Waals surface area contributed by atoms with Gasteiger partial charge in [-0.3, -0.25) is 0 Å². The molecule has 3 aromatic rings. The van der Waals surface area contributed by atoms with Crippen molar-refractivity contribution in [1.29, 1.82) is 0 Å². The number of rotatable bonds is 4. The first-order valence-corrected chi connectivity index (χ1v) is 9.25. The predicted octanol–water partition coefficient (Wildman–Crippen LogP) is 3.20. The van der Waals surface area contributed by atoms with E-state index in [1.165, 1.54) is 14.2 Å². The largest absolute Gasteiger partial charge is 0.466 e. The Kier molecular flexibility index (Phi) is 5.24. The molecule has 0 amide bonds. The van der Waals surface area contributed by atoms with Crippen molar-refractivity contribution in [2.24, 2.45) is 0 Å². The number of hydrogen-bond acceptors (Lipinski definition) is 8. The number of methoxy groups -OCH3 is 2. The Bertz CT molecular complexity index is 1130. The minimum Gasteiger partial charge on any atom is -0.466 e. The smallest absolute Gasteiger partial charge is 0.355 e. The van der Waals surface area contributed by atoms with Crippen molar-refractivity contribution >= 4 is 28.7 Å². The molecule has 0 atom stereocenters. The molecule has 0 spiro atoms. The van der Waals surface area contributed by atoms with Crippen molar-refractivity contribution in [1.82, 2.24) is 4.98 Å². The molecule has 0 saturated heterocycles. The maximum absolute atomic E-state index is 12.5. The van der Waals surface area contributed by atoms with E-state index in [0.29, 0.717) is 17.2 Å². The van der Waals surface area contributed by atoms with E-state index in [9.17, 15) is 9.59 Å². The number of carbonyl (C=O) groups is 2. The molecule has 2 heterocycles. The molecule has 0 bridgehead atoms. The van der Waals surface area contributed by atoms with E-state index < -0.39 is 11.9 Å². The highest BCUT2D eigenvalue weighted by atomic mass is 16.5. The molecule has 4 rings (SSSR count). The Balaban J connectivity index is 1.83. The molecular formula is C22H20N2O6. The number of oxazole rings is 1. The Morgan fingerprint density at radius 1 is 1.07 bits per heavy atom. The molecule has 8 heteroatoms. The third-order valence-electron chi connectivity index (χ3n) is 4.87. The van der Waals surface area contributed by atoms with Gasteiger partial charge in [-0.15, -0.1) is 0 Å². The average Bonchev–Trinajstić information content (AvgIpc) is 3.22. The number of hydrogen-bond donors (Lipinski definition) is 0. The van der Waals surface area contributed by atoms with Crippen LogP contribution in [0.1, 0.15) is 5.56 Å². The van der Waals surface area contributed by atoms with Crippen LogP contribution in [0.15, 0.2) is 58.2 Å². The molecule has 1 aromatic heterocycles. The third-order valence-corrected chi connectivity index (χ3v) is 4.87. The Morgan fingerprint density at radius 3 is 2.57 bits per heavy atom. The molecule has 0 radical (unpaired) electrons. The van der Waals surface area contributed by atoms with Crippen molar-refractivity contribution < 1.29 is 28.2 Å². The molecule has 1 aliphatic heterocycles. The summed E-state index contributed by atoms with van der Waals surface area (Å²) in [7, 11) is 2.52. The number of fused-ring (bicyclic) bond motifs is 1. The second-order valence-electron chi connectivity index (χ2n) is 6.70. The van der Waals surface area contributed by atoms with Gasteiger partial charge in [-0.1, -0.05) is 18.2 Å². The molecule has 2 aromatic carbocycles. The number of ether oxygens (including phenoxy) is 3. The summed E-state index contributed by atoms with van der Waals surface area (Å²) < 4.78 is 21.2. The van der Waals surface area contributed by atoms with Gasteiger partial charge in [-0.05, 0) is 36.8 Å². The molecule has 0 aliphatic carbocycles. The number of benzene rings is 2. The van der Waals surface area contributed by atoms with Crippen LogP contribution in [-0.4, -0.2) is 44.5 Å². The monoisotopic (exact) mass is 408 g/mol. The maximum atomic E-state index is 12.5. The zero-order valence-electron chi connectivity index (χ0n) is 16.8. The van der Waals surface area contributed by atoms with Gasteiger partial charge < -0.3 is 23.5 Å². The molecule has 0 unspecified atom stereocenters. The molecule has 1 aliphatic rings. The van der Waals surface area contributed by atoms with Crippen LogP contribution in [0.3, 0.4) is 0 Å². The van der Waals surface area contributed by atoms with Gasteiger partial charge in [0.1, 0.15) is 17.9 Å². The number of anilines is 1. The fourth-order valence-electron chi connectivity index (χ4n) is 3.36. The number of aryl methyl sites for hydroxylation is 1. The molecule has 154 valence electrons. The SMILES string of the molecule is COC(=O)C1=C(C(=O)OC)N(c2cc(-c3nc4ccccc4o3)ccc2C)COC1. The lowest BCUT2D eigenvalue weighted by molar-refractivity contribution is -0.140. The molecule has 0 fully saturated rings. The zero-order chi connectivity index (χ0) is 21.3. The van der Waals surface area contributed by atoms with E-state index in [1.807, 2.05) is 49.4 Å². The summed E-state index contributed by atoms with van der Waals surface area (Å²) in [5, 5.41) is 0. The topological polar surface area (TPSA) is 91.1 Å². The zero-order valence-corrected chi connectivity index (χ0v) is 16.8. The quantitative estimate of drug-likeness (QED) is 0.608. The summed E-state index contributed by atoms with van der Waals surface area (Å²) in [6, 6.07) is 13.1. The van der Waals surface area contributed by atoms with E-state index in [2.05, 4.69) is 4.98 Å². The van der Waals surface area contributed by atoms with E-state index in [-0.39, 0.29) is 24.6 Å². The minimum absolute atomic E-state index is 0.0442. The van der Waals surface area contributed by atoms with Gasteiger partial charge in [0, 0.05) is 11.3 Å². The van der Waals surface area contributed by atoms with Crippen molar-refractivity contribution in [2.75, 3.05) is 32.5 Å². The molecule has 30 heavy (non-hydrogen) atoms. The number of carbonyl (C=O) groups excluding carboxylic acids is 2. The summed E-state index contributed by atoms with van der Waals surface area (Å²) in [6.07, 6.45) is 0. The summed E-state index contributed by atoms with van der Waals surface area (Å²) in [5.41, 5.74) is 3.87. The first kappa shape index (κ1) is 19.7. The van der Waals surface area contributed by atoms with Gasteiger partial charge >= 0.3 is 11.9 Å². The standard InChI is InChI=1S/C22H20N2O6/c1-13-8-9-14(20-23-16-6-4-5-7-18(16)30-20)10-17(13)24-12-29-11-15(21(25)27-2)19(24)22(26)28-3/h4-10H,11-12H2,1-3H3. The van der Waals surface area contributed by atoms with Crippen molar-refractivity contribution in [3.05, 3.63) is 59.3 Å². The second kappa shape index (κ2) is 8.00. The van der Waals surface area contributed by atoms with E-state index >= 15 is 0 Å². The van der Waals surface area contributed by atoms with Gasteiger partial charge in [0.2, 0.25) is 5.89 Å². The highest BCUT2D eigenvalue weighted by Gasteiger charge is 2.33. The van der Waals surface area contributed by atoms with Crippen molar-refractivity contribution in [3.8, 4) is 11.5 Å². The summed E-state index contributed by atoms with van der Waals surface area (Å²) in [6.45, 7) is 1.92. The highest BCUT2D eigenvalue weighted by molar-refractivity contribution is 6.03. The van der Waals surface area contributed by atoms with Gasteiger partial charge in [-0.2, -0.15) is 0 Å². The number of esters is 2. The Morgan fingerprint density at radius 2 is 1.83 bits per heavy atom. The van der Waals surface area contributed by atoms with E-state index in [4.69, 9.17) is 18.6 Å². The average molecular weight is 408 g/mol.